The fraction of sp³-hybridized carbons (Fsp3) is 0.512. The normalized spacial score (nSPS) is 30.6. The maximum Gasteiger partial charge on any atom is 0.509 e. The Bertz CT molecular complexity index is 2490. The van der Waals surface area contributed by atoms with Gasteiger partial charge in [0.05, 0.1) is 28.0 Å². The summed E-state index contributed by atoms with van der Waals surface area (Å²) < 4.78 is 56.5. The highest BCUT2D eigenvalue weighted by Crippen LogP contribution is 2.45. The lowest BCUT2D eigenvalue weighted by atomic mass is 9.79. The number of hydrogen-bond donors (Lipinski definition) is 2. The van der Waals surface area contributed by atoms with Crippen molar-refractivity contribution in [3.63, 3.8) is 0 Å². The summed E-state index contributed by atoms with van der Waals surface area (Å²) in [5.74, 6) is -0.589. The molecule has 0 aliphatic carbocycles. The van der Waals surface area contributed by atoms with Crippen LogP contribution in [0.3, 0.4) is 0 Å². The van der Waals surface area contributed by atoms with Gasteiger partial charge in [-0.05, 0) is 64.8 Å². The minimum Gasteiger partial charge on any atom is -0.507 e. The van der Waals surface area contributed by atoms with Gasteiger partial charge in [0.1, 0.15) is 39.7 Å². The van der Waals surface area contributed by atoms with E-state index in [2.05, 4.69) is 0 Å². The molecule has 4 fully saturated rings. The van der Waals surface area contributed by atoms with Crippen LogP contribution in [0.25, 0.3) is 21.9 Å². The number of ether oxygens (including phenoxy) is 8. The van der Waals surface area contributed by atoms with Crippen LogP contribution in [0.4, 0.5) is 9.59 Å². The third kappa shape index (κ3) is 7.16. The number of carbonyl (C=O) groups excluding carboxylic acids is 3. The molecule has 2 N–H and O–H groups in total. The molecule has 8 rings (SSSR count). The Hall–Kier alpha value is -5.81. The molecule has 0 radical (unpaired) electrons. The molecule has 2 unspecified atom stereocenters. The summed E-state index contributed by atoms with van der Waals surface area (Å²) in [6.45, 7) is 16.7. The first-order valence-electron chi connectivity index (χ1n) is 19.9. The Balaban J connectivity index is 0.000000183. The molecular formula is C43H48O17. The maximum atomic E-state index is 12.4. The molecule has 17 nitrogen and oxygen atoms in total. The van der Waals surface area contributed by atoms with Crippen molar-refractivity contribution in [1.29, 1.82) is 0 Å². The quantitative estimate of drug-likeness (QED) is 0.103. The predicted octanol–water partition coefficient (Wildman–Crippen LogP) is 7.09. The number of ketones is 1. The van der Waals surface area contributed by atoms with Gasteiger partial charge >= 0.3 is 23.6 Å². The van der Waals surface area contributed by atoms with Gasteiger partial charge in [0.25, 0.3) is 0 Å². The van der Waals surface area contributed by atoms with Crippen LogP contribution in [-0.4, -0.2) is 76.5 Å². The first kappa shape index (κ1) is 42.3. The van der Waals surface area contributed by atoms with E-state index in [1.165, 1.54) is 6.07 Å². The van der Waals surface area contributed by atoms with E-state index < -0.39 is 83.3 Å². The molecule has 60 heavy (non-hydrogen) atoms. The molecule has 0 spiro atoms. The number of benzene rings is 2. The molecule has 10 atom stereocenters. The average molecular weight is 837 g/mol. The fourth-order valence-corrected chi connectivity index (χ4v) is 8.15. The minimum absolute atomic E-state index is 0.0565. The van der Waals surface area contributed by atoms with Gasteiger partial charge in [0.15, 0.2) is 18.0 Å². The minimum atomic E-state index is -0.954. The van der Waals surface area contributed by atoms with Gasteiger partial charge in [-0.15, -0.1) is 0 Å². The van der Waals surface area contributed by atoms with E-state index in [9.17, 15) is 34.2 Å². The maximum absolute atomic E-state index is 12.4. The van der Waals surface area contributed by atoms with E-state index in [0.717, 1.165) is 6.07 Å². The van der Waals surface area contributed by atoms with Crippen LogP contribution in [-0.2, 0) is 28.4 Å². The van der Waals surface area contributed by atoms with E-state index >= 15 is 0 Å². The van der Waals surface area contributed by atoms with Crippen LogP contribution >= 0.6 is 0 Å². The molecule has 4 aliphatic heterocycles. The van der Waals surface area contributed by atoms with Crippen LogP contribution in [0.15, 0.2) is 48.8 Å². The highest BCUT2D eigenvalue weighted by Gasteiger charge is 2.59. The van der Waals surface area contributed by atoms with Crippen LogP contribution in [0.5, 0.6) is 23.0 Å². The molecule has 4 aliphatic rings. The van der Waals surface area contributed by atoms with E-state index in [0.29, 0.717) is 40.9 Å². The third-order valence-corrected chi connectivity index (χ3v) is 12.6. The standard InChI is InChI=1S/C23H26O9.C20H22O8/c1-6-13(24)15-16(25)12-8-9-14(10(3)17(12)29-20(15)26)28-21-19-18(30-22(27)31-19)11(4)23(5,7-2)32-21;1-5-20(4)10(3)16-17(27-19(23)26-16)18(28-20)24-13-7-6-11-12(21)8-14(22)25-15(11)9(13)2/h8-9,11,18-19,21,25H,6-7H2,1-5H3;6-8,10,16-18,21H,5H2,1-4H3/t11-,18-,19-,21?,23+;10-,16-,17-,18?,20+/m11/s1. The first-order valence-corrected chi connectivity index (χ1v) is 19.9. The SMILES string of the molecule is CCC(=O)c1c(O)c2ccc(OC3O[C@@](C)(CC)[C@H](C)[C@H]4OC(=O)O[C@@H]34)c(C)c2oc1=O.CC[C@]1(C)OC(Oc2ccc3c(O)cc(=O)oc3c2C)[C@@H]2OC(=O)O[C@@H]2[C@H]1C. The fourth-order valence-electron chi connectivity index (χ4n) is 8.15. The van der Waals surface area contributed by atoms with Crippen molar-refractivity contribution >= 4 is 40.0 Å². The number of rotatable bonds is 8. The van der Waals surface area contributed by atoms with Gasteiger partial charge in [0.2, 0.25) is 24.8 Å². The summed E-state index contributed by atoms with van der Waals surface area (Å²) >= 11 is 0. The van der Waals surface area contributed by atoms with Crippen molar-refractivity contribution in [2.75, 3.05) is 0 Å². The number of aryl methyl sites for hydroxylation is 2. The number of fused-ring (bicyclic) bond motifs is 4. The van der Waals surface area contributed by atoms with Gasteiger partial charge in [-0.2, -0.15) is 0 Å². The van der Waals surface area contributed by atoms with E-state index in [-0.39, 0.29) is 46.1 Å². The zero-order valence-corrected chi connectivity index (χ0v) is 34.6. The second-order valence-corrected chi connectivity index (χ2v) is 15.9. The Kier molecular flexibility index (Phi) is 11.0. The lowest BCUT2D eigenvalue weighted by Gasteiger charge is -2.46. The largest absolute Gasteiger partial charge is 0.509 e. The van der Waals surface area contributed by atoms with Crippen molar-refractivity contribution in [3.8, 4) is 23.0 Å². The van der Waals surface area contributed by atoms with Gasteiger partial charge in [-0.1, -0.05) is 34.6 Å². The number of carbonyl (C=O) groups is 3. The van der Waals surface area contributed by atoms with E-state index in [1.807, 2.05) is 41.5 Å². The summed E-state index contributed by atoms with van der Waals surface area (Å²) in [7, 11) is 0. The molecule has 4 aromatic rings. The zero-order chi connectivity index (χ0) is 43.6. The van der Waals surface area contributed by atoms with E-state index in [1.54, 1.807) is 39.0 Å². The molecule has 322 valence electrons. The van der Waals surface area contributed by atoms with Crippen molar-refractivity contribution in [2.24, 2.45) is 11.8 Å². The Labute approximate surface area is 343 Å². The van der Waals surface area contributed by atoms with Gasteiger partial charge in [-0.25, -0.2) is 19.2 Å². The molecule has 2 aromatic carbocycles. The lowest BCUT2D eigenvalue weighted by Crippen LogP contribution is -2.59. The van der Waals surface area contributed by atoms with Gasteiger partial charge in [-0.3, -0.25) is 4.79 Å². The number of hydrogen-bond acceptors (Lipinski definition) is 17. The molecule has 17 heteroatoms. The predicted molar refractivity (Wildman–Crippen MR) is 209 cm³/mol. The molecule has 0 amide bonds. The molecule has 0 bridgehead atoms. The van der Waals surface area contributed by atoms with Crippen LogP contribution in [0.2, 0.25) is 0 Å². The number of aromatic hydroxyl groups is 2. The number of Topliss-reactive ketones (excluding diaryl/α,β-unsaturated/α-hetero) is 1. The van der Waals surface area contributed by atoms with Crippen molar-refractivity contribution in [3.05, 3.63) is 67.9 Å². The Morgan fingerprint density at radius 2 is 1.13 bits per heavy atom. The summed E-state index contributed by atoms with van der Waals surface area (Å²) in [6, 6.07) is 7.33. The summed E-state index contributed by atoms with van der Waals surface area (Å²) in [6.07, 6.45) is -4.46. The zero-order valence-electron chi connectivity index (χ0n) is 34.6. The second-order valence-electron chi connectivity index (χ2n) is 15.9. The second kappa shape index (κ2) is 15.7. The smallest absolute Gasteiger partial charge is 0.507 e. The van der Waals surface area contributed by atoms with Gasteiger partial charge in [0, 0.05) is 29.4 Å². The highest BCUT2D eigenvalue weighted by molar-refractivity contribution is 6.03. The molecule has 2 aromatic heterocycles. The summed E-state index contributed by atoms with van der Waals surface area (Å²) in [5, 5.41) is 21.1. The molecule has 0 saturated carbocycles. The van der Waals surface area contributed by atoms with Crippen molar-refractivity contribution in [2.45, 2.75) is 130 Å². The van der Waals surface area contributed by atoms with Crippen LogP contribution in [0, 0.1) is 25.7 Å². The lowest BCUT2D eigenvalue weighted by molar-refractivity contribution is -0.267. The molecule has 6 heterocycles. The Morgan fingerprint density at radius 1 is 0.683 bits per heavy atom. The van der Waals surface area contributed by atoms with Gasteiger partial charge < -0.3 is 56.9 Å². The first-order chi connectivity index (χ1) is 28.3. The molecule has 4 saturated heterocycles. The van der Waals surface area contributed by atoms with Crippen LogP contribution < -0.4 is 20.7 Å². The highest BCUT2D eigenvalue weighted by atomic mass is 16.8. The average Bonchev–Trinajstić information content (AvgIpc) is 3.81. The molecular weight excluding hydrogens is 788 g/mol. The summed E-state index contributed by atoms with van der Waals surface area (Å²) in [5.41, 5.74) is -1.88. The monoisotopic (exact) mass is 836 g/mol. The van der Waals surface area contributed by atoms with Crippen molar-refractivity contribution < 1.29 is 71.3 Å². The topological polar surface area (TPSA) is 226 Å². The summed E-state index contributed by atoms with van der Waals surface area (Å²) in [4.78, 5) is 59.6. The van der Waals surface area contributed by atoms with Crippen molar-refractivity contribution in [1.82, 2.24) is 0 Å². The third-order valence-electron chi connectivity index (χ3n) is 12.6. The Morgan fingerprint density at radius 3 is 1.60 bits per heavy atom. The van der Waals surface area contributed by atoms with E-state index in [4.69, 9.17) is 46.7 Å². The van der Waals surface area contributed by atoms with Crippen LogP contribution in [0.1, 0.15) is 89.2 Å².